The van der Waals surface area contributed by atoms with Gasteiger partial charge < -0.3 is 5.32 Å². The van der Waals surface area contributed by atoms with Gasteiger partial charge in [-0.15, -0.1) is 0 Å². The maximum atomic E-state index is 6.89. The van der Waals surface area contributed by atoms with Gasteiger partial charge in [0, 0.05) is 5.69 Å². The predicted molar refractivity (Wildman–Crippen MR) is 51.4 cm³/mol. The molecule has 0 fully saturated rings. The Morgan fingerprint density at radius 2 is 1.92 bits per heavy atom. The zero-order valence-corrected chi connectivity index (χ0v) is 7.39. The second-order valence-corrected chi connectivity index (χ2v) is 2.88. The minimum atomic E-state index is -0.0206. The van der Waals surface area contributed by atoms with E-state index >= 15 is 0 Å². The second kappa shape index (κ2) is 3.82. The van der Waals surface area contributed by atoms with Crippen LogP contribution in [0.5, 0.6) is 0 Å². The monoisotopic (exact) mass is 158 g/mol. The third-order valence-electron chi connectivity index (χ3n) is 1.65. The molecule has 1 aromatic carbocycles. The van der Waals surface area contributed by atoms with Crippen molar-refractivity contribution in [2.24, 2.45) is 0 Å². The van der Waals surface area contributed by atoms with Crippen molar-refractivity contribution < 1.29 is 0 Å². The molecule has 0 saturated carbocycles. The van der Waals surface area contributed by atoms with E-state index in [1.807, 2.05) is 31.2 Å². The Hall–Kier alpha value is -1.42. The Morgan fingerprint density at radius 3 is 2.42 bits per heavy atom. The van der Waals surface area contributed by atoms with Gasteiger partial charge in [-0.05, 0) is 32.4 Å². The van der Waals surface area contributed by atoms with Crippen LogP contribution in [0.15, 0.2) is 24.3 Å². The zero-order valence-electron chi connectivity index (χ0n) is 7.39. The molecular formula is C11H12N. The number of hydrogen-bond donors (Lipinski definition) is 1. The number of benzene rings is 1. The molecule has 0 aliphatic heterocycles. The van der Waals surface area contributed by atoms with Crippen molar-refractivity contribution in [1.82, 2.24) is 0 Å². The van der Waals surface area contributed by atoms with Crippen molar-refractivity contribution in [3.63, 3.8) is 0 Å². The number of nitrogens with one attached hydrogen (secondary N) is 1. The summed E-state index contributed by atoms with van der Waals surface area (Å²) in [5.41, 5.74) is 2.28. The fourth-order valence-electron chi connectivity index (χ4n) is 0.936. The van der Waals surface area contributed by atoms with Crippen LogP contribution < -0.4 is 5.32 Å². The first-order valence-corrected chi connectivity index (χ1v) is 3.98. The molecule has 0 saturated heterocycles. The lowest BCUT2D eigenvalue weighted by Crippen LogP contribution is -2.11. The smallest absolute Gasteiger partial charge is 0.0858 e. The topological polar surface area (TPSA) is 12.0 Å². The Morgan fingerprint density at radius 1 is 1.33 bits per heavy atom. The van der Waals surface area contributed by atoms with E-state index in [-0.39, 0.29) is 6.04 Å². The van der Waals surface area contributed by atoms with E-state index in [1.165, 1.54) is 5.56 Å². The third-order valence-corrected chi connectivity index (χ3v) is 1.65. The molecule has 12 heavy (non-hydrogen) atoms. The van der Waals surface area contributed by atoms with E-state index in [0.717, 1.165) is 5.69 Å². The van der Waals surface area contributed by atoms with Crippen molar-refractivity contribution in [3.8, 4) is 5.92 Å². The highest BCUT2D eigenvalue weighted by molar-refractivity contribution is 5.46. The van der Waals surface area contributed by atoms with Crippen molar-refractivity contribution in [1.29, 1.82) is 0 Å². The van der Waals surface area contributed by atoms with Gasteiger partial charge in [-0.2, -0.15) is 0 Å². The summed E-state index contributed by atoms with van der Waals surface area (Å²) >= 11 is 0. The molecule has 1 radical (unpaired) electrons. The van der Waals surface area contributed by atoms with Gasteiger partial charge in [0.15, 0.2) is 0 Å². The van der Waals surface area contributed by atoms with Crippen LogP contribution in [0.4, 0.5) is 5.69 Å². The lowest BCUT2D eigenvalue weighted by atomic mass is 10.2. The van der Waals surface area contributed by atoms with Crippen LogP contribution in [0.2, 0.25) is 0 Å². The van der Waals surface area contributed by atoms with E-state index in [2.05, 4.69) is 18.2 Å². The summed E-state index contributed by atoms with van der Waals surface area (Å²) in [6, 6.07) is 8.07. The highest BCUT2D eigenvalue weighted by atomic mass is 14.9. The van der Waals surface area contributed by atoms with Crippen LogP contribution in [0.25, 0.3) is 0 Å². The van der Waals surface area contributed by atoms with Crippen LogP contribution in [-0.2, 0) is 0 Å². The largest absolute Gasteiger partial charge is 0.372 e. The average Bonchev–Trinajstić information content (AvgIpc) is 2.09. The fraction of sp³-hybridized carbons (Fsp3) is 0.273. The molecule has 1 N–H and O–H groups in total. The van der Waals surface area contributed by atoms with Gasteiger partial charge in [-0.25, -0.2) is 0 Å². The standard InChI is InChI=1S/C11H12N/c1-4-10(3)12-11-7-5-9(2)6-8-11/h5-8,10,12H,2-3H3. The molecule has 1 atom stereocenters. The van der Waals surface area contributed by atoms with Gasteiger partial charge in [-0.1, -0.05) is 23.6 Å². The van der Waals surface area contributed by atoms with Gasteiger partial charge in [0.05, 0.1) is 6.04 Å². The SMILES string of the molecule is [C]#CC(C)Nc1ccc(C)cc1. The molecule has 1 aromatic rings. The first-order chi connectivity index (χ1) is 5.72. The first-order valence-electron chi connectivity index (χ1n) is 3.98. The molecule has 0 heterocycles. The summed E-state index contributed by atoms with van der Waals surface area (Å²) in [4.78, 5) is 0. The number of rotatable bonds is 2. The Kier molecular flexibility index (Phi) is 2.76. The van der Waals surface area contributed by atoms with Crippen LogP contribution in [-0.4, -0.2) is 6.04 Å². The molecule has 1 unspecified atom stereocenters. The number of hydrogen-bond acceptors (Lipinski definition) is 1. The van der Waals surface area contributed by atoms with E-state index in [0.29, 0.717) is 0 Å². The minimum absolute atomic E-state index is 0.0206. The molecule has 0 aliphatic carbocycles. The zero-order chi connectivity index (χ0) is 8.97. The van der Waals surface area contributed by atoms with Gasteiger partial charge >= 0.3 is 0 Å². The summed E-state index contributed by atoms with van der Waals surface area (Å²) in [6.45, 7) is 3.95. The molecule has 0 aromatic heterocycles. The maximum absolute atomic E-state index is 6.89. The third kappa shape index (κ3) is 2.32. The van der Waals surface area contributed by atoms with Gasteiger partial charge in [0.1, 0.15) is 0 Å². The van der Waals surface area contributed by atoms with Crippen molar-refractivity contribution in [3.05, 3.63) is 36.3 Å². The van der Waals surface area contributed by atoms with E-state index in [9.17, 15) is 0 Å². The van der Waals surface area contributed by atoms with Crippen molar-refractivity contribution >= 4 is 5.69 Å². The van der Waals surface area contributed by atoms with Crippen LogP contribution in [0.3, 0.4) is 0 Å². The number of aryl methyl sites for hydroxylation is 1. The van der Waals surface area contributed by atoms with Crippen molar-refractivity contribution in [2.75, 3.05) is 5.32 Å². The van der Waals surface area contributed by atoms with Gasteiger partial charge in [0.2, 0.25) is 0 Å². The van der Waals surface area contributed by atoms with Crippen LogP contribution >= 0.6 is 0 Å². The highest BCUT2D eigenvalue weighted by Gasteiger charge is 1.95. The lowest BCUT2D eigenvalue weighted by molar-refractivity contribution is 1.03. The van der Waals surface area contributed by atoms with E-state index < -0.39 is 0 Å². The molecule has 0 aliphatic rings. The summed E-state index contributed by atoms with van der Waals surface area (Å²) in [6.07, 6.45) is 6.89. The fourth-order valence-corrected chi connectivity index (χ4v) is 0.936. The minimum Gasteiger partial charge on any atom is -0.372 e. The van der Waals surface area contributed by atoms with Gasteiger partial charge in [0.25, 0.3) is 0 Å². The molecule has 1 nitrogen and oxygen atoms in total. The second-order valence-electron chi connectivity index (χ2n) is 2.88. The normalized spacial score (nSPS) is 11.8. The summed E-state index contributed by atoms with van der Waals surface area (Å²) in [5.74, 6) is 2.37. The first kappa shape index (κ1) is 8.67. The lowest BCUT2D eigenvalue weighted by Gasteiger charge is -2.08. The molecule has 61 valence electrons. The van der Waals surface area contributed by atoms with Crippen LogP contribution in [0.1, 0.15) is 12.5 Å². The number of anilines is 1. The average molecular weight is 158 g/mol. The summed E-state index contributed by atoms with van der Waals surface area (Å²) in [7, 11) is 0. The van der Waals surface area contributed by atoms with E-state index in [1.54, 1.807) is 0 Å². The molecule has 0 amide bonds. The Balaban J connectivity index is 2.66. The Bertz CT molecular complexity index is 279. The molecular weight excluding hydrogens is 146 g/mol. The molecule has 1 heteroatoms. The highest BCUT2D eigenvalue weighted by Crippen LogP contribution is 2.09. The van der Waals surface area contributed by atoms with Crippen LogP contribution in [0, 0.1) is 19.3 Å². The molecule has 1 rings (SSSR count). The van der Waals surface area contributed by atoms with E-state index in [4.69, 9.17) is 6.42 Å². The molecule has 0 spiro atoms. The molecule has 0 bridgehead atoms. The Labute approximate surface area is 73.8 Å². The van der Waals surface area contributed by atoms with Gasteiger partial charge in [-0.3, -0.25) is 0 Å². The maximum Gasteiger partial charge on any atom is 0.0858 e. The van der Waals surface area contributed by atoms with Crippen molar-refractivity contribution in [2.45, 2.75) is 19.9 Å². The summed E-state index contributed by atoms with van der Waals surface area (Å²) < 4.78 is 0. The predicted octanol–water partition coefficient (Wildman–Crippen LogP) is 2.39. The quantitative estimate of drug-likeness (QED) is 0.652. The summed E-state index contributed by atoms with van der Waals surface area (Å²) in [5, 5.41) is 3.12.